The first-order chi connectivity index (χ1) is 10.1. The van der Waals surface area contributed by atoms with Gasteiger partial charge in [0.1, 0.15) is 5.75 Å². The van der Waals surface area contributed by atoms with E-state index in [1.165, 1.54) is 0 Å². The summed E-state index contributed by atoms with van der Waals surface area (Å²) in [5, 5.41) is 5.60. The number of benzene rings is 2. The highest BCUT2D eigenvalue weighted by Crippen LogP contribution is 2.24. The number of nitrogens with two attached hydrogens (primary N) is 1. The fourth-order valence-electron chi connectivity index (χ4n) is 1.96. The van der Waals surface area contributed by atoms with Gasteiger partial charge in [-0.15, -0.1) is 0 Å². The topological polar surface area (TPSA) is 76.4 Å². The van der Waals surface area contributed by atoms with Crippen LogP contribution in [0.1, 0.15) is 18.5 Å². The Kier molecular flexibility index (Phi) is 4.66. The summed E-state index contributed by atoms with van der Waals surface area (Å²) in [6.45, 7) is 1.92. The zero-order valence-electron chi connectivity index (χ0n) is 12.1. The zero-order valence-corrected chi connectivity index (χ0v) is 12.1. The summed E-state index contributed by atoms with van der Waals surface area (Å²) in [5.74, 6) is 0.649. The fraction of sp³-hybridized carbons (Fsp3) is 0.188. The van der Waals surface area contributed by atoms with Crippen molar-refractivity contribution in [3.8, 4) is 5.75 Å². The van der Waals surface area contributed by atoms with E-state index in [4.69, 9.17) is 10.5 Å². The Balaban J connectivity index is 1.99. The van der Waals surface area contributed by atoms with Crippen molar-refractivity contribution < 1.29 is 9.53 Å². The Hall–Kier alpha value is -2.69. The van der Waals surface area contributed by atoms with Gasteiger partial charge < -0.3 is 21.1 Å². The molecule has 0 saturated heterocycles. The van der Waals surface area contributed by atoms with Gasteiger partial charge in [-0.2, -0.15) is 0 Å². The summed E-state index contributed by atoms with van der Waals surface area (Å²) in [6, 6.07) is 14.5. The van der Waals surface area contributed by atoms with Crippen LogP contribution in [0.2, 0.25) is 0 Å². The fourth-order valence-corrected chi connectivity index (χ4v) is 1.96. The summed E-state index contributed by atoms with van der Waals surface area (Å²) in [4.78, 5) is 12.0. The van der Waals surface area contributed by atoms with Crippen molar-refractivity contribution in [2.75, 3.05) is 18.2 Å². The number of nitrogens with one attached hydrogen (secondary N) is 2. The average molecular weight is 285 g/mol. The van der Waals surface area contributed by atoms with Gasteiger partial charge >= 0.3 is 6.03 Å². The van der Waals surface area contributed by atoms with Crippen LogP contribution in [0.25, 0.3) is 0 Å². The molecule has 4 N–H and O–H groups in total. The smallest absolute Gasteiger partial charge is 0.319 e. The molecule has 110 valence electrons. The molecule has 0 aromatic heterocycles. The number of urea groups is 1. The highest BCUT2D eigenvalue weighted by Gasteiger charge is 2.10. The Morgan fingerprint density at radius 1 is 1.19 bits per heavy atom. The molecule has 0 heterocycles. The normalized spacial score (nSPS) is 11.5. The third kappa shape index (κ3) is 3.89. The van der Waals surface area contributed by atoms with Crippen LogP contribution in [-0.4, -0.2) is 13.1 Å². The first kappa shape index (κ1) is 14.7. The second kappa shape index (κ2) is 6.65. The van der Waals surface area contributed by atoms with E-state index in [9.17, 15) is 4.79 Å². The first-order valence-electron chi connectivity index (χ1n) is 6.66. The predicted molar refractivity (Wildman–Crippen MR) is 84.4 cm³/mol. The molecule has 2 aromatic carbocycles. The summed E-state index contributed by atoms with van der Waals surface area (Å²) in [5.41, 5.74) is 7.91. The standard InChI is InChI=1S/C16H19N3O2/c1-11(12-6-4-3-5-7-12)18-16(20)19-15-9-8-13(21-2)10-14(15)17/h3-11H,17H2,1-2H3,(H2,18,19,20)/t11-/m0/s1. The molecule has 5 nitrogen and oxygen atoms in total. The van der Waals surface area contributed by atoms with Crippen LogP contribution in [0.5, 0.6) is 5.75 Å². The quantitative estimate of drug-likeness (QED) is 0.755. The molecular formula is C16H19N3O2. The van der Waals surface area contributed by atoms with Gasteiger partial charge in [0.25, 0.3) is 0 Å². The lowest BCUT2D eigenvalue weighted by Crippen LogP contribution is -2.31. The van der Waals surface area contributed by atoms with E-state index < -0.39 is 0 Å². The van der Waals surface area contributed by atoms with E-state index in [0.717, 1.165) is 5.56 Å². The highest BCUT2D eigenvalue weighted by atomic mass is 16.5. The molecule has 1 atom stereocenters. The van der Waals surface area contributed by atoms with Gasteiger partial charge in [0, 0.05) is 6.07 Å². The summed E-state index contributed by atoms with van der Waals surface area (Å²) in [6.07, 6.45) is 0. The molecule has 0 aliphatic carbocycles. The van der Waals surface area contributed by atoms with E-state index in [1.54, 1.807) is 25.3 Å². The molecule has 21 heavy (non-hydrogen) atoms. The molecular weight excluding hydrogens is 266 g/mol. The number of rotatable bonds is 4. The number of nitrogen functional groups attached to an aromatic ring is 1. The molecule has 0 saturated carbocycles. The van der Waals surface area contributed by atoms with Gasteiger partial charge in [0.15, 0.2) is 0 Å². The maximum Gasteiger partial charge on any atom is 0.319 e. The molecule has 0 aliphatic rings. The summed E-state index contributed by atoms with van der Waals surface area (Å²) < 4.78 is 5.07. The van der Waals surface area contributed by atoms with E-state index in [-0.39, 0.29) is 12.1 Å². The molecule has 0 unspecified atom stereocenters. The number of carbonyl (C=O) groups excluding carboxylic acids is 1. The molecule has 0 aliphatic heterocycles. The van der Waals surface area contributed by atoms with Gasteiger partial charge in [0.05, 0.1) is 24.5 Å². The molecule has 0 bridgehead atoms. The van der Waals surface area contributed by atoms with E-state index in [0.29, 0.717) is 17.1 Å². The number of hydrogen-bond donors (Lipinski definition) is 3. The maximum absolute atomic E-state index is 12.0. The average Bonchev–Trinajstić information content (AvgIpc) is 2.50. The van der Waals surface area contributed by atoms with Crippen LogP contribution < -0.4 is 21.1 Å². The number of carbonyl (C=O) groups is 1. The van der Waals surface area contributed by atoms with Crippen molar-refractivity contribution in [3.05, 3.63) is 54.1 Å². The van der Waals surface area contributed by atoms with Crippen molar-refractivity contribution in [3.63, 3.8) is 0 Å². The molecule has 0 radical (unpaired) electrons. The number of hydrogen-bond acceptors (Lipinski definition) is 3. The minimum atomic E-state index is -0.303. The van der Waals surface area contributed by atoms with Crippen LogP contribution in [0.15, 0.2) is 48.5 Å². The molecule has 2 aromatic rings. The van der Waals surface area contributed by atoms with Gasteiger partial charge in [-0.05, 0) is 24.6 Å². The minimum absolute atomic E-state index is 0.0920. The monoisotopic (exact) mass is 285 g/mol. The minimum Gasteiger partial charge on any atom is -0.497 e. The number of ether oxygens (including phenoxy) is 1. The Morgan fingerprint density at radius 2 is 1.90 bits per heavy atom. The van der Waals surface area contributed by atoms with Crippen LogP contribution in [-0.2, 0) is 0 Å². The number of anilines is 2. The Bertz CT molecular complexity index is 614. The van der Waals surface area contributed by atoms with Gasteiger partial charge in [-0.3, -0.25) is 0 Å². The van der Waals surface area contributed by atoms with Crippen LogP contribution in [0.4, 0.5) is 16.2 Å². The van der Waals surface area contributed by atoms with Crippen molar-refractivity contribution in [2.24, 2.45) is 0 Å². The molecule has 0 fully saturated rings. The largest absolute Gasteiger partial charge is 0.497 e. The van der Waals surface area contributed by atoms with Crippen LogP contribution in [0, 0.1) is 0 Å². The van der Waals surface area contributed by atoms with Gasteiger partial charge in [0.2, 0.25) is 0 Å². The second-order valence-electron chi connectivity index (χ2n) is 4.68. The highest BCUT2D eigenvalue weighted by molar-refractivity contribution is 5.93. The Labute approximate surface area is 124 Å². The SMILES string of the molecule is COc1ccc(NC(=O)N[C@@H](C)c2ccccc2)c(N)c1. The lowest BCUT2D eigenvalue weighted by atomic mass is 10.1. The third-order valence-corrected chi connectivity index (χ3v) is 3.15. The summed E-state index contributed by atoms with van der Waals surface area (Å²) >= 11 is 0. The zero-order chi connectivity index (χ0) is 15.2. The molecule has 2 amide bonds. The van der Waals surface area contributed by atoms with Gasteiger partial charge in [-0.1, -0.05) is 30.3 Å². The number of methoxy groups -OCH3 is 1. The second-order valence-corrected chi connectivity index (χ2v) is 4.68. The van der Waals surface area contributed by atoms with Crippen LogP contribution >= 0.6 is 0 Å². The van der Waals surface area contributed by atoms with Crippen molar-refractivity contribution in [1.82, 2.24) is 5.32 Å². The van der Waals surface area contributed by atoms with Gasteiger partial charge in [-0.25, -0.2) is 4.79 Å². The predicted octanol–water partition coefficient (Wildman–Crippen LogP) is 3.16. The Morgan fingerprint density at radius 3 is 2.52 bits per heavy atom. The number of amides is 2. The molecule has 0 spiro atoms. The van der Waals surface area contributed by atoms with E-state index >= 15 is 0 Å². The lowest BCUT2D eigenvalue weighted by molar-refractivity contribution is 0.249. The van der Waals surface area contributed by atoms with Crippen molar-refractivity contribution in [2.45, 2.75) is 13.0 Å². The van der Waals surface area contributed by atoms with Crippen LogP contribution in [0.3, 0.4) is 0 Å². The third-order valence-electron chi connectivity index (χ3n) is 3.15. The first-order valence-corrected chi connectivity index (χ1v) is 6.66. The van der Waals surface area contributed by atoms with E-state index in [1.807, 2.05) is 37.3 Å². The molecule has 2 rings (SSSR count). The molecule has 5 heteroatoms. The maximum atomic E-state index is 12.0. The van der Waals surface area contributed by atoms with E-state index in [2.05, 4.69) is 10.6 Å². The van der Waals surface area contributed by atoms with Crippen molar-refractivity contribution >= 4 is 17.4 Å². The lowest BCUT2D eigenvalue weighted by Gasteiger charge is -2.16. The summed E-state index contributed by atoms with van der Waals surface area (Å²) in [7, 11) is 1.57. The van der Waals surface area contributed by atoms with Crippen molar-refractivity contribution in [1.29, 1.82) is 0 Å².